The topological polar surface area (TPSA) is 35.9 Å². The number of piperazine rings is 1. The lowest BCUT2D eigenvalue weighted by molar-refractivity contribution is 0.0663. The van der Waals surface area contributed by atoms with Gasteiger partial charge in [-0.3, -0.25) is 4.90 Å². The number of aryl methyl sites for hydroxylation is 2. The number of benzene rings is 2. The Morgan fingerprint density at radius 2 is 1.70 bits per heavy atom. The van der Waals surface area contributed by atoms with Gasteiger partial charge in [-0.2, -0.15) is 0 Å². The normalized spacial score (nSPS) is 18.4. The van der Waals surface area contributed by atoms with Gasteiger partial charge < -0.3 is 14.7 Å². The van der Waals surface area contributed by atoms with Crippen LogP contribution in [-0.4, -0.2) is 55.4 Å². The van der Waals surface area contributed by atoms with Crippen LogP contribution in [0.3, 0.4) is 0 Å². The third-order valence-electron chi connectivity index (χ3n) is 5.55. The molecule has 0 amide bonds. The van der Waals surface area contributed by atoms with E-state index in [1.54, 1.807) is 0 Å². The highest BCUT2D eigenvalue weighted by Gasteiger charge is 2.20. The fourth-order valence-electron chi connectivity index (χ4n) is 4.02. The summed E-state index contributed by atoms with van der Waals surface area (Å²) in [6.07, 6.45) is 3.02. The largest absolute Gasteiger partial charge is 0.491 e. The van der Waals surface area contributed by atoms with E-state index in [1.165, 1.54) is 36.1 Å². The Bertz CT molecular complexity index is 757. The third kappa shape index (κ3) is 4.60. The van der Waals surface area contributed by atoms with Crippen LogP contribution in [0.2, 0.25) is 0 Å². The Kier molecular flexibility index (Phi) is 5.60. The molecule has 4 nitrogen and oxygen atoms in total. The summed E-state index contributed by atoms with van der Waals surface area (Å²) in [6, 6.07) is 12.9. The van der Waals surface area contributed by atoms with E-state index in [9.17, 15) is 9.50 Å². The highest BCUT2D eigenvalue weighted by Crippen LogP contribution is 2.26. The zero-order chi connectivity index (χ0) is 18.6. The summed E-state index contributed by atoms with van der Waals surface area (Å²) in [7, 11) is 0. The fraction of sp³-hybridized carbons (Fsp3) is 0.455. The minimum atomic E-state index is -0.504. The average molecular weight is 370 g/mol. The lowest BCUT2D eigenvalue weighted by atomic mass is 10.1. The number of fused-ring (bicyclic) bond motifs is 1. The van der Waals surface area contributed by atoms with Crippen molar-refractivity contribution < 1.29 is 14.2 Å². The fourth-order valence-corrected chi connectivity index (χ4v) is 4.02. The maximum absolute atomic E-state index is 13.1. The number of rotatable bonds is 6. The summed E-state index contributed by atoms with van der Waals surface area (Å²) in [6.45, 7) is 4.45. The van der Waals surface area contributed by atoms with Crippen molar-refractivity contribution in [3.63, 3.8) is 0 Å². The van der Waals surface area contributed by atoms with Crippen molar-refractivity contribution in [2.45, 2.75) is 25.4 Å². The molecule has 0 saturated carbocycles. The number of nitrogens with zero attached hydrogens (tertiary/aromatic N) is 2. The summed E-state index contributed by atoms with van der Waals surface area (Å²) in [5.74, 6) is 0.653. The molecule has 0 radical (unpaired) electrons. The van der Waals surface area contributed by atoms with Gasteiger partial charge in [-0.05, 0) is 66.8 Å². The Hall–Kier alpha value is -2.11. The summed E-state index contributed by atoms with van der Waals surface area (Å²) >= 11 is 0. The SMILES string of the molecule is OC(COc1ccc2c(c1)CCC2)CN1CCN(c2ccc(F)cc2)CC1. The third-order valence-corrected chi connectivity index (χ3v) is 5.55. The van der Waals surface area contributed by atoms with Crippen molar-refractivity contribution in [1.29, 1.82) is 0 Å². The molecule has 2 aliphatic rings. The Labute approximate surface area is 160 Å². The van der Waals surface area contributed by atoms with Crippen LogP contribution in [0, 0.1) is 5.82 Å². The highest BCUT2D eigenvalue weighted by atomic mass is 19.1. The molecule has 1 saturated heterocycles. The monoisotopic (exact) mass is 370 g/mol. The van der Waals surface area contributed by atoms with Crippen molar-refractivity contribution in [3.8, 4) is 5.75 Å². The summed E-state index contributed by atoms with van der Waals surface area (Å²) in [4.78, 5) is 4.51. The van der Waals surface area contributed by atoms with E-state index in [1.807, 2.05) is 18.2 Å². The Morgan fingerprint density at radius 1 is 0.963 bits per heavy atom. The second-order valence-electron chi connectivity index (χ2n) is 7.51. The van der Waals surface area contributed by atoms with Crippen molar-refractivity contribution in [2.75, 3.05) is 44.2 Å². The molecule has 27 heavy (non-hydrogen) atoms. The first kappa shape index (κ1) is 18.3. The van der Waals surface area contributed by atoms with E-state index in [4.69, 9.17) is 4.74 Å². The number of anilines is 1. The molecule has 1 fully saturated rings. The first-order valence-electron chi connectivity index (χ1n) is 9.83. The average Bonchev–Trinajstić information content (AvgIpc) is 3.15. The number of β-amino-alcohol motifs (C(OH)–C–C–N with tert-alkyl or cyclic N) is 1. The molecule has 2 aromatic rings. The molecular weight excluding hydrogens is 343 g/mol. The van der Waals surface area contributed by atoms with Crippen molar-refractivity contribution in [1.82, 2.24) is 4.90 Å². The number of aliphatic hydroxyl groups excluding tert-OH is 1. The van der Waals surface area contributed by atoms with Crippen LogP contribution < -0.4 is 9.64 Å². The Morgan fingerprint density at radius 3 is 2.48 bits per heavy atom. The molecule has 144 valence electrons. The smallest absolute Gasteiger partial charge is 0.123 e. The maximum atomic E-state index is 13.1. The van der Waals surface area contributed by atoms with E-state index in [2.05, 4.69) is 21.9 Å². The lowest BCUT2D eigenvalue weighted by Gasteiger charge is -2.36. The van der Waals surface area contributed by atoms with Gasteiger partial charge in [0.15, 0.2) is 0 Å². The molecular formula is C22H27FN2O2. The van der Waals surface area contributed by atoms with Gasteiger partial charge in [-0.25, -0.2) is 4.39 Å². The molecule has 1 aliphatic carbocycles. The molecule has 1 N–H and O–H groups in total. The molecule has 0 bridgehead atoms. The first-order valence-corrected chi connectivity index (χ1v) is 9.83. The number of hydrogen-bond acceptors (Lipinski definition) is 4. The van der Waals surface area contributed by atoms with Crippen LogP contribution in [0.5, 0.6) is 5.75 Å². The van der Waals surface area contributed by atoms with Gasteiger partial charge in [0.2, 0.25) is 0 Å². The van der Waals surface area contributed by atoms with Crippen LogP contribution in [0.4, 0.5) is 10.1 Å². The van der Waals surface area contributed by atoms with E-state index in [-0.39, 0.29) is 5.82 Å². The lowest BCUT2D eigenvalue weighted by Crippen LogP contribution is -2.49. The summed E-state index contributed by atoms with van der Waals surface area (Å²) in [5, 5.41) is 10.3. The van der Waals surface area contributed by atoms with E-state index in [0.717, 1.165) is 44.0 Å². The van der Waals surface area contributed by atoms with E-state index in [0.29, 0.717) is 13.2 Å². The Balaban J connectivity index is 1.21. The zero-order valence-electron chi connectivity index (χ0n) is 15.6. The zero-order valence-corrected chi connectivity index (χ0v) is 15.6. The van der Waals surface area contributed by atoms with Crippen LogP contribution in [-0.2, 0) is 12.8 Å². The van der Waals surface area contributed by atoms with Gasteiger partial charge in [-0.15, -0.1) is 0 Å². The molecule has 5 heteroatoms. The summed E-state index contributed by atoms with van der Waals surface area (Å²) in [5.41, 5.74) is 3.87. The van der Waals surface area contributed by atoms with Gasteiger partial charge in [0.05, 0.1) is 0 Å². The van der Waals surface area contributed by atoms with Crippen LogP contribution in [0.25, 0.3) is 0 Å². The maximum Gasteiger partial charge on any atom is 0.123 e. The van der Waals surface area contributed by atoms with Crippen molar-refractivity contribution >= 4 is 5.69 Å². The van der Waals surface area contributed by atoms with E-state index < -0.39 is 6.10 Å². The first-order chi connectivity index (χ1) is 13.2. The molecule has 2 aromatic carbocycles. The molecule has 1 aliphatic heterocycles. The number of hydrogen-bond donors (Lipinski definition) is 1. The summed E-state index contributed by atoms with van der Waals surface area (Å²) < 4.78 is 18.9. The van der Waals surface area contributed by atoms with Gasteiger partial charge in [0, 0.05) is 38.4 Å². The molecule has 1 atom stereocenters. The van der Waals surface area contributed by atoms with Gasteiger partial charge in [-0.1, -0.05) is 6.07 Å². The molecule has 0 aromatic heterocycles. The quantitative estimate of drug-likeness (QED) is 0.848. The second kappa shape index (κ2) is 8.28. The molecule has 4 rings (SSSR count). The number of halogens is 1. The second-order valence-corrected chi connectivity index (χ2v) is 7.51. The van der Waals surface area contributed by atoms with Gasteiger partial charge >= 0.3 is 0 Å². The van der Waals surface area contributed by atoms with Gasteiger partial charge in [0.25, 0.3) is 0 Å². The van der Waals surface area contributed by atoms with Crippen molar-refractivity contribution in [3.05, 3.63) is 59.4 Å². The molecule has 1 heterocycles. The highest BCUT2D eigenvalue weighted by molar-refractivity contribution is 5.46. The predicted molar refractivity (Wildman–Crippen MR) is 105 cm³/mol. The van der Waals surface area contributed by atoms with Crippen LogP contribution in [0.1, 0.15) is 17.5 Å². The van der Waals surface area contributed by atoms with Crippen LogP contribution >= 0.6 is 0 Å². The number of ether oxygens (including phenoxy) is 1. The molecule has 0 spiro atoms. The minimum Gasteiger partial charge on any atom is -0.491 e. The van der Waals surface area contributed by atoms with Crippen molar-refractivity contribution in [2.24, 2.45) is 0 Å². The molecule has 1 unspecified atom stereocenters. The van der Waals surface area contributed by atoms with E-state index >= 15 is 0 Å². The number of aliphatic hydroxyl groups is 1. The standard InChI is InChI=1S/C22H27FN2O2/c23-19-5-7-20(8-6-19)25-12-10-24(11-13-25)15-21(26)16-27-22-9-4-17-2-1-3-18(17)14-22/h4-9,14,21,26H,1-3,10-13,15-16H2. The van der Waals surface area contributed by atoms with Gasteiger partial charge in [0.1, 0.15) is 24.3 Å². The predicted octanol–water partition coefficient (Wildman–Crippen LogP) is 2.88. The van der Waals surface area contributed by atoms with Crippen LogP contribution in [0.15, 0.2) is 42.5 Å². The minimum absolute atomic E-state index is 0.205.